The molecule has 0 rings (SSSR count). The van der Waals surface area contributed by atoms with Gasteiger partial charge in [0.2, 0.25) is 0 Å². The van der Waals surface area contributed by atoms with Gasteiger partial charge in [-0.3, -0.25) is 0 Å². The molecule has 0 spiro atoms. The van der Waals surface area contributed by atoms with Crippen LogP contribution in [0.2, 0.25) is 0 Å². The van der Waals surface area contributed by atoms with Gasteiger partial charge in [0, 0.05) is 10.8 Å². The van der Waals surface area contributed by atoms with Crippen molar-refractivity contribution in [3.8, 4) is 0 Å². The fourth-order valence-electron chi connectivity index (χ4n) is 0.669. The van der Waals surface area contributed by atoms with Crippen molar-refractivity contribution < 1.29 is 8.42 Å². The van der Waals surface area contributed by atoms with Crippen molar-refractivity contribution in [3.05, 3.63) is 48.3 Å². The Morgan fingerprint density at radius 1 is 0.933 bits per heavy atom. The van der Waals surface area contributed by atoms with Crippen LogP contribution in [0.3, 0.4) is 0 Å². The molecule has 0 aromatic carbocycles. The molecule has 0 fully saturated rings. The van der Waals surface area contributed by atoms with Gasteiger partial charge in [0.05, 0.1) is 0 Å². The molecule has 0 heterocycles. The average Bonchev–Trinajstić information content (AvgIpc) is 2.22. The van der Waals surface area contributed by atoms with Crippen molar-refractivity contribution in [1.82, 2.24) is 0 Å². The van der Waals surface area contributed by atoms with E-state index >= 15 is 0 Å². The van der Waals surface area contributed by atoms with Crippen LogP contribution in [0.4, 0.5) is 0 Å². The smallest absolute Gasteiger partial charge is 0.192 e. The molecule has 0 radical (unpaired) electrons. The zero-order valence-corrected chi connectivity index (χ0v) is 10.1. The monoisotopic (exact) mass is 226 g/mol. The summed E-state index contributed by atoms with van der Waals surface area (Å²) in [5.74, 6) is 0.120. The van der Waals surface area contributed by atoms with Gasteiger partial charge < -0.3 is 0 Å². The molecule has 15 heavy (non-hydrogen) atoms. The van der Waals surface area contributed by atoms with Crippen molar-refractivity contribution in [2.75, 3.05) is 0 Å². The lowest BCUT2D eigenvalue weighted by molar-refractivity contribution is 0.612. The largest absolute Gasteiger partial charge is 0.220 e. The summed E-state index contributed by atoms with van der Waals surface area (Å²) in [6, 6.07) is 0. The first-order valence-corrected chi connectivity index (χ1v) is 6.39. The maximum atomic E-state index is 11.4. The van der Waals surface area contributed by atoms with Crippen LogP contribution in [0.25, 0.3) is 0 Å². The Hall–Kier alpha value is -1.09. The Labute approximate surface area is 92.6 Å². The van der Waals surface area contributed by atoms with Crippen LogP contribution in [0.1, 0.15) is 13.8 Å². The van der Waals surface area contributed by atoms with Crippen LogP contribution in [-0.2, 0) is 9.84 Å². The van der Waals surface area contributed by atoms with Crippen molar-refractivity contribution in [1.29, 1.82) is 0 Å². The first kappa shape index (κ1) is 13.9. The highest BCUT2D eigenvalue weighted by Gasteiger charge is 2.00. The van der Waals surface area contributed by atoms with Crippen molar-refractivity contribution in [3.63, 3.8) is 0 Å². The first-order chi connectivity index (χ1) is 6.91. The molecule has 0 aromatic rings. The molecular formula is C12H18O2S. The van der Waals surface area contributed by atoms with Gasteiger partial charge in [-0.05, 0) is 11.8 Å². The van der Waals surface area contributed by atoms with Gasteiger partial charge in [0.1, 0.15) is 0 Å². The van der Waals surface area contributed by atoms with Gasteiger partial charge in [-0.15, -0.1) is 13.2 Å². The Morgan fingerprint density at radius 2 is 1.27 bits per heavy atom. The third-order valence-corrected chi connectivity index (χ3v) is 2.96. The third-order valence-electron chi connectivity index (χ3n) is 1.89. The summed E-state index contributed by atoms with van der Waals surface area (Å²) in [7, 11) is -3.25. The molecule has 0 amide bonds. The Balaban J connectivity index is 4.57. The quantitative estimate of drug-likeness (QED) is 0.652. The van der Waals surface area contributed by atoms with Crippen LogP contribution < -0.4 is 0 Å². The van der Waals surface area contributed by atoms with Gasteiger partial charge >= 0.3 is 0 Å². The van der Waals surface area contributed by atoms with Gasteiger partial charge in [-0.25, -0.2) is 8.42 Å². The van der Waals surface area contributed by atoms with E-state index in [1.165, 1.54) is 10.8 Å². The molecule has 0 saturated carbocycles. The molecule has 3 heteroatoms. The third kappa shape index (κ3) is 6.91. The van der Waals surface area contributed by atoms with Gasteiger partial charge in [-0.2, -0.15) is 0 Å². The normalized spacial score (nSPS) is 16.7. The molecule has 2 unspecified atom stereocenters. The van der Waals surface area contributed by atoms with Crippen LogP contribution >= 0.6 is 0 Å². The average molecular weight is 226 g/mol. The molecule has 0 aromatic heterocycles. The second kappa shape index (κ2) is 6.40. The predicted octanol–water partition coefficient (Wildman–Crippen LogP) is 3.07. The van der Waals surface area contributed by atoms with E-state index in [0.717, 1.165) is 0 Å². The molecule has 84 valence electrons. The molecule has 0 N–H and O–H groups in total. The van der Waals surface area contributed by atoms with E-state index in [2.05, 4.69) is 13.2 Å². The number of hydrogen-bond donors (Lipinski definition) is 0. The first-order valence-electron chi connectivity index (χ1n) is 4.78. The standard InChI is InChI=1S/C12H18O2S/c1-5-11(3)7-9-15(13,14)10-8-12(4)6-2/h5-12H,1-2H2,3-4H3. The van der Waals surface area contributed by atoms with E-state index in [4.69, 9.17) is 0 Å². The van der Waals surface area contributed by atoms with Crippen molar-refractivity contribution in [2.24, 2.45) is 11.8 Å². The predicted molar refractivity (Wildman–Crippen MR) is 65.9 cm³/mol. The fraction of sp³-hybridized carbons (Fsp3) is 0.333. The van der Waals surface area contributed by atoms with E-state index in [1.807, 2.05) is 13.8 Å². The van der Waals surface area contributed by atoms with E-state index in [9.17, 15) is 8.42 Å². The van der Waals surface area contributed by atoms with Gasteiger partial charge in [0.25, 0.3) is 0 Å². The highest BCUT2D eigenvalue weighted by molar-refractivity contribution is 7.97. The summed E-state index contributed by atoms with van der Waals surface area (Å²) in [5.41, 5.74) is 0. The van der Waals surface area contributed by atoms with Crippen molar-refractivity contribution in [2.45, 2.75) is 13.8 Å². The van der Waals surface area contributed by atoms with E-state index in [-0.39, 0.29) is 11.8 Å². The summed E-state index contributed by atoms with van der Waals surface area (Å²) in [6.07, 6.45) is 6.57. The molecule has 2 atom stereocenters. The molecular weight excluding hydrogens is 208 g/mol. The molecule has 0 bridgehead atoms. The summed E-state index contributed by atoms with van der Waals surface area (Å²) in [4.78, 5) is 0. The van der Waals surface area contributed by atoms with Crippen LogP contribution in [0.15, 0.2) is 48.3 Å². The highest BCUT2D eigenvalue weighted by Crippen LogP contribution is 2.05. The summed E-state index contributed by atoms with van der Waals surface area (Å²) in [5, 5.41) is 2.40. The summed E-state index contributed by atoms with van der Waals surface area (Å²) in [6.45, 7) is 10.9. The zero-order valence-electron chi connectivity index (χ0n) is 9.26. The Bertz CT molecular complexity index is 331. The molecule has 2 nitrogen and oxygen atoms in total. The number of sulfone groups is 1. The topological polar surface area (TPSA) is 34.1 Å². The minimum Gasteiger partial charge on any atom is -0.220 e. The van der Waals surface area contributed by atoms with Crippen LogP contribution in [0.5, 0.6) is 0 Å². The van der Waals surface area contributed by atoms with E-state index in [0.29, 0.717) is 0 Å². The maximum Gasteiger partial charge on any atom is 0.192 e. The van der Waals surface area contributed by atoms with Crippen LogP contribution in [0, 0.1) is 11.8 Å². The van der Waals surface area contributed by atoms with Gasteiger partial charge in [-0.1, -0.05) is 38.2 Å². The Kier molecular flexibility index (Phi) is 5.94. The second-order valence-corrected chi connectivity index (χ2v) is 5.16. The molecule has 0 aliphatic rings. The number of hydrogen-bond acceptors (Lipinski definition) is 2. The SMILES string of the molecule is C=CC(C)C=CS(=O)(=O)C=CC(C)C=C. The minimum atomic E-state index is -3.25. The van der Waals surface area contributed by atoms with E-state index in [1.54, 1.807) is 24.3 Å². The fourth-order valence-corrected chi connectivity index (χ4v) is 1.69. The highest BCUT2D eigenvalue weighted by atomic mass is 32.2. The second-order valence-electron chi connectivity index (χ2n) is 3.44. The van der Waals surface area contributed by atoms with Gasteiger partial charge in [0.15, 0.2) is 9.84 Å². The maximum absolute atomic E-state index is 11.4. The molecule has 0 saturated heterocycles. The molecule has 0 aliphatic carbocycles. The zero-order chi connectivity index (χ0) is 11.9. The summed E-state index contributed by atoms with van der Waals surface area (Å²) < 4.78 is 22.9. The lowest BCUT2D eigenvalue weighted by atomic mass is 10.2. The Morgan fingerprint density at radius 3 is 1.53 bits per heavy atom. The number of allylic oxidation sites excluding steroid dienone is 4. The molecule has 0 aliphatic heterocycles. The lowest BCUT2D eigenvalue weighted by Crippen LogP contribution is -1.92. The lowest BCUT2D eigenvalue weighted by Gasteiger charge is -1.97. The number of rotatable bonds is 6. The summed E-state index contributed by atoms with van der Waals surface area (Å²) >= 11 is 0. The van der Waals surface area contributed by atoms with E-state index < -0.39 is 9.84 Å². The van der Waals surface area contributed by atoms with Crippen LogP contribution in [-0.4, -0.2) is 8.42 Å². The van der Waals surface area contributed by atoms with Crippen molar-refractivity contribution >= 4 is 9.84 Å². The minimum absolute atomic E-state index is 0.0602.